The Labute approximate surface area is 372 Å². The number of imidazole rings is 1. The fraction of sp³-hybridized carbons (Fsp3) is 0.362. The highest BCUT2D eigenvalue weighted by Gasteiger charge is 2.24. The molecule has 0 saturated carbocycles. The first kappa shape index (κ1) is 45.1. The van der Waals surface area contributed by atoms with Gasteiger partial charge in [-0.1, -0.05) is 13.8 Å². The number of piperazine rings is 1. The zero-order chi connectivity index (χ0) is 45.7. The van der Waals surface area contributed by atoms with Gasteiger partial charge in [0.2, 0.25) is 0 Å². The lowest BCUT2D eigenvalue weighted by Crippen LogP contribution is -2.43. The van der Waals surface area contributed by atoms with E-state index in [1.165, 1.54) is 0 Å². The van der Waals surface area contributed by atoms with Crippen molar-refractivity contribution in [2.45, 2.75) is 54.0 Å². The van der Waals surface area contributed by atoms with Gasteiger partial charge in [-0.3, -0.25) is 14.6 Å². The van der Waals surface area contributed by atoms with E-state index in [1.54, 1.807) is 38.6 Å². The van der Waals surface area contributed by atoms with Gasteiger partial charge in [0.05, 0.1) is 28.4 Å². The third-order valence-corrected chi connectivity index (χ3v) is 11.5. The monoisotopic (exact) mass is 866 g/mol. The number of amides is 1. The Kier molecular flexibility index (Phi) is 13.8. The number of aryl methyl sites for hydroxylation is 2. The second kappa shape index (κ2) is 19.6. The zero-order valence-corrected chi connectivity index (χ0v) is 37.9. The van der Waals surface area contributed by atoms with Crippen molar-refractivity contribution in [2.75, 3.05) is 75.4 Å². The largest absolute Gasteiger partial charge is 0.507 e. The molecule has 1 unspecified atom stereocenters. The predicted molar refractivity (Wildman–Crippen MR) is 257 cm³/mol. The van der Waals surface area contributed by atoms with Crippen molar-refractivity contribution >= 4 is 56.9 Å². The molecule has 7 N–H and O–H groups in total. The van der Waals surface area contributed by atoms with E-state index >= 15 is 0 Å². The lowest BCUT2D eigenvalue weighted by atomic mass is 10.0. The van der Waals surface area contributed by atoms with Gasteiger partial charge >= 0.3 is 0 Å². The molecule has 0 spiro atoms. The highest BCUT2D eigenvalue weighted by atomic mass is 16.3. The van der Waals surface area contributed by atoms with Crippen LogP contribution in [0.5, 0.6) is 5.75 Å². The molecule has 0 radical (unpaired) electrons. The second-order valence-electron chi connectivity index (χ2n) is 15.7. The van der Waals surface area contributed by atoms with Crippen molar-refractivity contribution in [1.29, 1.82) is 0 Å². The Morgan fingerprint density at radius 2 is 1.69 bits per heavy atom. The zero-order valence-electron chi connectivity index (χ0n) is 37.9. The van der Waals surface area contributed by atoms with Gasteiger partial charge in [-0.2, -0.15) is 0 Å². The van der Waals surface area contributed by atoms with Gasteiger partial charge in [0.15, 0.2) is 17.1 Å². The number of aromatic nitrogens is 7. The van der Waals surface area contributed by atoms with E-state index in [0.717, 1.165) is 79.6 Å². The quantitative estimate of drug-likeness (QED) is 0.0859. The van der Waals surface area contributed by atoms with Crippen LogP contribution in [0.1, 0.15) is 60.1 Å². The number of fused-ring (bicyclic) bond motifs is 3. The van der Waals surface area contributed by atoms with Gasteiger partial charge in [0.1, 0.15) is 28.4 Å². The molecule has 0 bridgehead atoms. The fourth-order valence-corrected chi connectivity index (χ4v) is 8.07. The van der Waals surface area contributed by atoms with Crippen molar-refractivity contribution in [2.24, 2.45) is 4.99 Å². The molecule has 1 amide bonds. The maximum Gasteiger partial charge on any atom is 0.270 e. The number of nitrogens with one attached hydrogen (secondary N) is 4. The minimum absolute atomic E-state index is 0.0145. The lowest BCUT2D eigenvalue weighted by molar-refractivity contribution is 0.0952. The van der Waals surface area contributed by atoms with Crippen molar-refractivity contribution < 1.29 is 9.90 Å². The van der Waals surface area contributed by atoms with Gasteiger partial charge in [0, 0.05) is 117 Å². The van der Waals surface area contributed by atoms with Crippen LogP contribution in [0.15, 0.2) is 64.8 Å². The molecule has 1 atom stereocenters. The average molecular weight is 867 g/mol. The highest BCUT2D eigenvalue weighted by Crippen LogP contribution is 2.37. The van der Waals surface area contributed by atoms with Gasteiger partial charge in [-0.05, 0) is 77.6 Å². The van der Waals surface area contributed by atoms with Gasteiger partial charge in [-0.25, -0.2) is 24.9 Å². The molecule has 2 fully saturated rings. The van der Waals surface area contributed by atoms with E-state index in [-0.39, 0.29) is 28.6 Å². The average Bonchev–Trinajstić information content (AvgIpc) is 3.97. The predicted octanol–water partition coefficient (Wildman–Crippen LogP) is 5.17. The minimum atomic E-state index is -0.286. The number of phenols is 1. The third-order valence-electron chi connectivity index (χ3n) is 11.5. The first-order valence-electron chi connectivity index (χ1n) is 21.9. The Bertz CT molecular complexity index is 2920. The molecule has 64 heavy (non-hydrogen) atoms. The van der Waals surface area contributed by atoms with Crippen LogP contribution < -0.4 is 36.9 Å². The maximum atomic E-state index is 13.0. The number of nitrogens with zero attached hydrogens (tertiary/aromatic N) is 9. The summed E-state index contributed by atoms with van der Waals surface area (Å²) in [5.74, 6) is 1.31. The number of anilines is 3. The maximum absolute atomic E-state index is 13.0. The molecule has 7 aromatic rings. The van der Waals surface area contributed by atoms with Gasteiger partial charge in [0.25, 0.3) is 5.91 Å². The van der Waals surface area contributed by atoms with Crippen LogP contribution in [-0.2, 0) is 0 Å². The third kappa shape index (κ3) is 9.07. The van der Waals surface area contributed by atoms with E-state index in [1.807, 2.05) is 82.6 Å². The number of aromatic hydroxyl groups is 1. The van der Waals surface area contributed by atoms with E-state index in [9.17, 15) is 14.7 Å². The van der Waals surface area contributed by atoms with Crippen LogP contribution in [0, 0.1) is 20.8 Å². The standard InChI is InChI=1S/C24H29N7O2.C21H23N7O.C2H6/c1-4-28-24(33)21-17-12-16(31-9-7-27-8-10-31)5-6-19(17)29-23(30-21)18-11-15(13-26-3)20(25)14(2)22(18)32;1-12-9-28-11-15(19(29)13(2)21(28)24-12)20-23-8-17-16(26-20)4-5-18(25-17)27-7-6-14(10-27)22-3;1-2/h5-6,11-13,27,32H,4,7-10,25H2,1-3H3,(H,28,33);4-5,8-9,11,14,22,24H,6-7,10H2,1-3H3;1-2H3. The van der Waals surface area contributed by atoms with Crippen LogP contribution in [-0.4, -0.2) is 117 Å². The number of carbonyl (C=O) groups excluding carboxylic acids is 1. The van der Waals surface area contributed by atoms with E-state index < -0.39 is 0 Å². The van der Waals surface area contributed by atoms with Crippen molar-refractivity contribution in [3.63, 3.8) is 0 Å². The molecular weight excluding hydrogens is 809 g/mol. The molecule has 334 valence electrons. The number of hydrogen-bond acceptors (Lipinski definition) is 14. The molecule has 17 heteroatoms. The SMILES string of the molecule is CC.CCNC(=O)c1nc(-c2cc(C=NC)c(N)c(C)c2O)nc2ccc(N3CCNCC3)cc12.CNC1CCN(c2ccc3nc(-c4cn5cc(C)[nH]c5c(C)c4=O)ncc3n2)C1. The summed E-state index contributed by atoms with van der Waals surface area (Å²) in [7, 11) is 3.64. The molecule has 7 heterocycles. The summed E-state index contributed by atoms with van der Waals surface area (Å²) in [5, 5.41) is 21.0. The summed E-state index contributed by atoms with van der Waals surface area (Å²) in [6.45, 7) is 17.4. The molecule has 2 aromatic carbocycles. The van der Waals surface area contributed by atoms with Crippen LogP contribution in [0.3, 0.4) is 0 Å². The van der Waals surface area contributed by atoms with Crippen LogP contribution in [0.4, 0.5) is 17.2 Å². The fourth-order valence-electron chi connectivity index (χ4n) is 8.07. The number of likely N-dealkylation sites (N-methyl/N-ethyl adjacent to an activating group) is 1. The number of pyridine rings is 2. The number of aliphatic imine (C=N–C) groups is 1. The number of hydrogen-bond donors (Lipinski definition) is 6. The summed E-state index contributed by atoms with van der Waals surface area (Å²) in [6.07, 6.45) is 8.18. The van der Waals surface area contributed by atoms with Crippen molar-refractivity contribution in [3.05, 3.63) is 93.3 Å². The molecule has 9 rings (SSSR count). The number of nitrogen functional groups attached to an aromatic ring is 1. The van der Waals surface area contributed by atoms with Crippen molar-refractivity contribution in [1.82, 2.24) is 50.3 Å². The summed E-state index contributed by atoms with van der Waals surface area (Å²) >= 11 is 0. The van der Waals surface area contributed by atoms with Crippen LogP contribution >= 0.6 is 0 Å². The summed E-state index contributed by atoms with van der Waals surface area (Å²) in [6, 6.07) is 12.0. The lowest BCUT2D eigenvalue weighted by Gasteiger charge is -2.29. The summed E-state index contributed by atoms with van der Waals surface area (Å²) < 4.78 is 1.92. The first-order valence-corrected chi connectivity index (χ1v) is 21.9. The number of H-pyrrole nitrogens is 1. The number of benzene rings is 2. The molecule has 2 saturated heterocycles. The number of aromatic amines is 1. The Morgan fingerprint density at radius 1 is 0.938 bits per heavy atom. The Balaban J connectivity index is 0.000000186. The van der Waals surface area contributed by atoms with E-state index in [0.29, 0.717) is 62.8 Å². The van der Waals surface area contributed by atoms with Crippen LogP contribution in [0.2, 0.25) is 0 Å². The van der Waals surface area contributed by atoms with Crippen LogP contribution in [0.25, 0.3) is 50.4 Å². The normalized spacial score (nSPS) is 15.1. The Morgan fingerprint density at radius 3 is 2.41 bits per heavy atom. The Hall–Kier alpha value is -6.98. The van der Waals surface area contributed by atoms with Gasteiger partial charge < -0.3 is 46.0 Å². The van der Waals surface area contributed by atoms with E-state index in [4.69, 9.17) is 15.7 Å². The molecule has 5 aromatic heterocycles. The number of phenolic OH excluding ortho intramolecular Hbond substituents is 1. The minimum Gasteiger partial charge on any atom is -0.507 e. The molecule has 17 nitrogen and oxygen atoms in total. The number of carbonyl (C=O) groups is 1. The molecule has 2 aliphatic heterocycles. The summed E-state index contributed by atoms with van der Waals surface area (Å²) in [5.41, 5.74) is 14.4. The summed E-state index contributed by atoms with van der Waals surface area (Å²) in [4.78, 5) is 60.8. The number of rotatable bonds is 8. The number of nitrogens with two attached hydrogens (primary N) is 1. The van der Waals surface area contributed by atoms with E-state index in [2.05, 4.69) is 50.7 Å². The first-order chi connectivity index (χ1) is 31.0. The second-order valence-corrected chi connectivity index (χ2v) is 15.7. The molecular formula is C47H58N14O3. The smallest absolute Gasteiger partial charge is 0.270 e. The van der Waals surface area contributed by atoms with Gasteiger partial charge in [-0.15, -0.1) is 0 Å². The topological polar surface area (TPSA) is 220 Å². The van der Waals surface area contributed by atoms with Crippen molar-refractivity contribution in [3.8, 4) is 28.5 Å². The molecule has 0 aliphatic carbocycles. The highest BCUT2D eigenvalue weighted by molar-refractivity contribution is 6.06. The molecule has 2 aliphatic rings.